The molecule has 1 aromatic rings. The van der Waals surface area contributed by atoms with Crippen LogP contribution in [0.3, 0.4) is 0 Å². The van der Waals surface area contributed by atoms with Gasteiger partial charge in [0.25, 0.3) is 0 Å². The zero-order valence-corrected chi connectivity index (χ0v) is 13.6. The van der Waals surface area contributed by atoms with Gasteiger partial charge < -0.3 is 0 Å². The third-order valence-electron chi connectivity index (χ3n) is 2.73. The van der Waals surface area contributed by atoms with Gasteiger partial charge in [0.15, 0.2) is 0 Å². The summed E-state index contributed by atoms with van der Waals surface area (Å²) in [4.78, 5) is 13.9. The maximum absolute atomic E-state index is 13.3. The summed E-state index contributed by atoms with van der Waals surface area (Å²) in [5, 5.41) is 0. The molecule has 0 unspecified atom stereocenters. The van der Waals surface area contributed by atoms with E-state index >= 15 is 0 Å². The van der Waals surface area contributed by atoms with E-state index in [1.807, 2.05) is 0 Å². The third kappa shape index (κ3) is 3.20. The Morgan fingerprint density at radius 2 is 1.94 bits per heavy atom. The summed E-state index contributed by atoms with van der Waals surface area (Å²) in [5.74, 6) is -0.477. The van der Waals surface area contributed by atoms with E-state index in [-0.39, 0.29) is 5.91 Å². The number of carbonyl (C=O) groups is 1. The predicted molar refractivity (Wildman–Crippen MR) is 67.3 cm³/mol. The van der Waals surface area contributed by atoms with Crippen LogP contribution < -0.4 is 0 Å². The third-order valence-corrected chi connectivity index (χ3v) is 4.65. The summed E-state index contributed by atoms with van der Waals surface area (Å²) in [5.41, 5.74) is 0.420. The molecule has 0 bridgehead atoms. The van der Waals surface area contributed by atoms with Crippen LogP contribution >= 0.6 is 15.9 Å². The van der Waals surface area contributed by atoms with Gasteiger partial charge >= 0.3 is 122 Å². The van der Waals surface area contributed by atoms with Crippen molar-refractivity contribution < 1.29 is 9.18 Å². The number of halogens is 2. The van der Waals surface area contributed by atoms with Crippen LogP contribution in [0.4, 0.5) is 4.39 Å². The Hall–Kier alpha value is -0.141. The first kappa shape index (κ1) is 13.3. The topological polar surface area (TPSA) is 23.6 Å². The second kappa shape index (κ2) is 5.67. The van der Waals surface area contributed by atoms with E-state index in [0.717, 1.165) is 26.2 Å². The molecule has 1 aliphatic rings. The van der Waals surface area contributed by atoms with Gasteiger partial charge in [-0.3, -0.25) is 0 Å². The van der Waals surface area contributed by atoms with Gasteiger partial charge in [0.2, 0.25) is 0 Å². The van der Waals surface area contributed by atoms with Crippen molar-refractivity contribution in [2.45, 2.75) is 0 Å². The molecule has 88 valence electrons. The standard InChI is InChI=1S/C11H11BrFN2O.Sn/c12-9-2-1-8(7-10(9)13)11(16)15-5-3-14-4-6-15;/h1-2,7H,3-6H2;/q-1;+2. The second-order valence-corrected chi connectivity index (χ2v) is 6.57. The van der Waals surface area contributed by atoms with Crippen molar-refractivity contribution in [3.05, 3.63) is 34.1 Å². The zero-order valence-electron chi connectivity index (χ0n) is 9.12. The summed E-state index contributed by atoms with van der Waals surface area (Å²) in [7, 11) is 0. The number of piperazine rings is 1. The molecule has 17 heavy (non-hydrogen) atoms. The zero-order chi connectivity index (χ0) is 12.4. The van der Waals surface area contributed by atoms with Crippen molar-refractivity contribution in [3.63, 3.8) is 0 Å². The van der Waals surface area contributed by atoms with Gasteiger partial charge in [-0.15, -0.1) is 0 Å². The van der Waals surface area contributed by atoms with Gasteiger partial charge in [0.05, 0.1) is 0 Å². The van der Waals surface area contributed by atoms with Gasteiger partial charge in [-0.1, -0.05) is 0 Å². The fraction of sp³-hybridized carbons (Fsp3) is 0.364. The number of hydrogen-bond donors (Lipinski definition) is 0. The van der Waals surface area contributed by atoms with Crippen molar-refractivity contribution in [2.75, 3.05) is 26.2 Å². The fourth-order valence-electron chi connectivity index (χ4n) is 1.72. The maximum atomic E-state index is 13.3. The van der Waals surface area contributed by atoms with Crippen molar-refractivity contribution in [3.8, 4) is 0 Å². The number of hydrogen-bond acceptors (Lipinski definition) is 2. The molecule has 0 saturated carbocycles. The van der Waals surface area contributed by atoms with Gasteiger partial charge in [-0.05, 0) is 0 Å². The number of benzene rings is 1. The van der Waals surface area contributed by atoms with Gasteiger partial charge in [0.1, 0.15) is 0 Å². The van der Waals surface area contributed by atoms with E-state index in [4.69, 9.17) is 0 Å². The molecular weight excluding hydrogens is 394 g/mol. The minimum atomic E-state index is -0.394. The molecule has 2 radical (unpaired) electrons. The first-order valence-electron chi connectivity index (χ1n) is 5.28. The Balaban J connectivity index is 2.11. The average molecular weight is 405 g/mol. The molecule has 2 rings (SSSR count). The molecular formula is C11H11BrFN2OSn+. The molecule has 1 aromatic carbocycles. The second-order valence-electron chi connectivity index (χ2n) is 3.91. The van der Waals surface area contributed by atoms with Crippen molar-refractivity contribution in [1.29, 1.82) is 0 Å². The quantitative estimate of drug-likeness (QED) is 0.661. The Labute approximate surface area is 122 Å². The molecule has 0 aliphatic carbocycles. The molecule has 0 aromatic heterocycles. The summed E-state index contributed by atoms with van der Waals surface area (Å²) in [6.45, 7) is 3.26. The van der Waals surface area contributed by atoms with Crippen LogP contribution in [0.2, 0.25) is 0 Å². The van der Waals surface area contributed by atoms with E-state index in [0.29, 0.717) is 10.0 Å². The Kier molecular flexibility index (Phi) is 4.43. The molecule has 6 heteroatoms. The van der Waals surface area contributed by atoms with Crippen LogP contribution in [-0.4, -0.2) is 62.9 Å². The number of carbonyl (C=O) groups excluding carboxylic acids is 1. The Bertz CT molecular complexity index is 435. The predicted octanol–water partition coefficient (Wildman–Crippen LogP) is 1.43. The van der Waals surface area contributed by atoms with Crippen LogP contribution in [0.25, 0.3) is 0 Å². The molecule has 0 spiro atoms. The van der Waals surface area contributed by atoms with E-state index in [2.05, 4.69) is 19.1 Å². The van der Waals surface area contributed by atoms with Crippen molar-refractivity contribution in [2.24, 2.45) is 0 Å². The van der Waals surface area contributed by atoms with E-state index in [9.17, 15) is 9.18 Å². The van der Waals surface area contributed by atoms with Gasteiger partial charge in [-0.25, -0.2) is 0 Å². The summed E-state index contributed by atoms with van der Waals surface area (Å²) in [6, 6.07) is 4.51. The van der Waals surface area contributed by atoms with Crippen LogP contribution in [0.15, 0.2) is 22.7 Å². The van der Waals surface area contributed by atoms with E-state index < -0.39 is 5.82 Å². The Morgan fingerprint density at radius 3 is 2.53 bits per heavy atom. The monoisotopic (exact) mass is 405 g/mol. The normalized spacial score (nSPS) is 17.2. The first-order valence-corrected chi connectivity index (χ1v) is 7.35. The van der Waals surface area contributed by atoms with Gasteiger partial charge in [0, 0.05) is 0 Å². The molecule has 0 atom stereocenters. The fourth-order valence-corrected chi connectivity index (χ4v) is 2.54. The number of nitrogens with zero attached hydrogens (tertiary/aromatic N) is 2. The molecule has 1 amide bonds. The van der Waals surface area contributed by atoms with Gasteiger partial charge in [-0.2, -0.15) is 0 Å². The SMILES string of the molecule is O=C(c1ccc(Br)c(F)c1)N1CC[N]([Sn+])CC1. The van der Waals surface area contributed by atoms with E-state index in [1.54, 1.807) is 17.0 Å². The van der Waals surface area contributed by atoms with Crippen LogP contribution in [0.5, 0.6) is 0 Å². The van der Waals surface area contributed by atoms with Crippen molar-refractivity contribution >= 4 is 44.6 Å². The molecule has 1 heterocycles. The molecule has 1 aliphatic heterocycles. The Morgan fingerprint density at radius 1 is 1.29 bits per heavy atom. The number of amides is 1. The average Bonchev–Trinajstić information content (AvgIpc) is 2.33. The number of rotatable bonds is 1. The first-order chi connectivity index (χ1) is 8.08. The summed E-state index contributed by atoms with van der Waals surface area (Å²) in [6.07, 6.45) is 0. The minimum absolute atomic E-state index is 0.0831. The molecule has 0 N–H and O–H groups in total. The van der Waals surface area contributed by atoms with Crippen LogP contribution in [-0.2, 0) is 0 Å². The van der Waals surface area contributed by atoms with Crippen molar-refractivity contribution in [1.82, 2.24) is 8.02 Å². The van der Waals surface area contributed by atoms with E-state index in [1.165, 1.54) is 28.9 Å². The molecule has 3 nitrogen and oxygen atoms in total. The molecule has 1 saturated heterocycles. The molecule has 1 fully saturated rings. The summed E-state index contributed by atoms with van der Waals surface area (Å²) < 4.78 is 16.0. The summed E-state index contributed by atoms with van der Waals surface area (Å²) >= 11 is 4.46. The van der Waals surface area contributed by atoms with Crippen LogP contribution in [0, 0.1) is 5.82 Å². The van der Waals surface area contributed by atoms with Crippen LogP contribution in [0.1, 0.15) is 10.4 Å².